The van der Waals surface area contributed by atoms with Gasteiger partial charge in [-0.1, -0.05) is 56.3 Å². The maximum absolute atomic E-state index is 15.4. The van der Waals surface area contributed by atoms with E-state index in [9.17, 15) is 33.9 Å². The van der Waals surface area contributed by atoms with Gasteiger partial charge in [-0.15, -0.1) is 0 Å². The average Bonchev–Trinajstić information content (AvgIpc) is 3.25. The van der Waals surface area contributed by atoms with Crippen LogP contribution in [0.1, 0.15) is 80.9 Å². The number of aryl methyl sites for hydroxylation is 1. The van der Waals surface area contributed by atoms with Crippen LogP contribution in [0.15, 0.2) is 77.7 Å². The molecule has 0 radical (unpaired) electrons. The summed E-state index contributed by atoms with van der Waals surface area (Å²) in [6.45, 7) is 9.98. The lowest BCUT2D eigenvalue weighted by molar-refractivity contribution is -0.159. The second-order valence-electron chi connectivity index (χ2n) is 17.2. The van der Waals surface area contributed by atoms with E-state index in [4.69, 9.17) is 10.5 Å². The number of rotatable bonds is 17. The first-order chi connectivity index (χ1) is 30.0. The minimum atomic E-state index is -1.38. The lowest BCUT2D eigenvalue weighted by Crippen LogP contribution is -2.62. The summed E-state index contributed by atoms with van der Waals surface area (Å²) in [4.78, 5) is 79.9. The highest BCUT2D eigenvalue weighted by Gasteiger charge is 2.59. The number of amides is 5. The number of benzene rings is 3. The molecule has 4 aromatic rings. The number of aromatic carboxylic acids is 1. The van der Waals surface area contributed by atoms with Crippen LogP contribution in [-0.4, -0.2) is 89.8 Å². The van der Waals surface area contributed by atoms with Gasteiger partial charge in [0.1, 0.15) is 23.4 Å². The molecule has 16 nitrogen and oxygen atoms in total. The van der Waals surface area contributed by atoms with Crippen LogP contribution in [-0.2, 0) is 27.5 Å². The van der Waals surface area contributed by atoms with Gasteiger partial charge < -0.3 is 51.2 Å². The van der Waals surface area contributed by atoms with Gasteiger partial charge in [-0.05, 0) is 80.3 Å². The molecule has 6 rings (SSSR count). The molecule has 1 aliphatic carbocycles. The van der Waals surface area contributed by atoms with Gasteiger partial charge in [0.15, 0.2) is 0 Å². The van der Waals surface area contributed by atoms with Gasteiger partial charge >= 0.3 is 18.1 Å². The zero-order chi connectivity index (χ0) is 45.5. The van der Waals surface area contributed by atoms with E-state index in [-0.39, 0.29) is 54.0 Å². The molecule has 1 aliphatic heterocycles. The number of ether oxygens (including phenoxy) is 1. The molecule has 63 heavy (non-hydrogen) atoms. The molecule has 0 unspecified atom stereocenters. The number of fused-ring (bicyclic) bond motifs is 1. The molecule has 2 fully saturated rings. The summed E-state index contributed by atoms with van der Waals surface area (Å²) < 4.78 is 22.6. The maximum Gasteiger partial charge on any atom is 0.410 e. The Balaban J connectivity index is 1.02. The van der Waals surface area contributed by atoms with Crippen molar-refractivity contribution in [1.82, 2.24) is 25.4 Å². The number of nitrogens with zero attached hydrogens (tertiary/aromatic N) is 3. The quantitative estimate of drug-likeness (QED) is 0.0591. The Hall–Kier alpha value is -6.65. The van der Waals surface area contributed by atoms with Crippen molar-refractivity contribution < 1.29 is 38.2 Å². The summed E-state index contributed by atoms with van der Waals surface area (Å²) in [6, 6.07) is 18.2. The maximum atomic E-state index is 15.4. The lowest BCUT2D eigenvalue weighted by atomic mass is 9.53. The molecule has 0 spiro atoms. The number of carbonyl (C=O) groups excluding carboxylic acids is 4. The monoisotopic (exact) mass is 868 g/mol. The van der Waals surface area contributed by atoms with Crippen LogP contribution in [0.25, 0.3) is 10.9 Å². The number of carboxylic acids is 1. The second-order valence-corrected chi connectivity index (χ2v) is 17.2. The van der Waals surface area contributed by atoms with Crippen molar-refractivity contribution in [3.63, 3.8) is 0 Å². The van der Waals surface area contributed by atoms with E-state index >= 15 is 4.39 Å². The Morgan fingerprint density at radius 2 is 1.60 bits per heavy atom. The summed E-state index contributed by atoms with van der Waals surface area (Å²) in [7, 11) is 0. The van der Waals surface area contributed by atoms with E-state index in [2.05, 4.69) is 21.3 Å². The molecule has 2 heterocycles. The van der Waals surface area contributed by atoms with Gasteiger partial charge in [-0.2, -0.15) is 0 Å². The van der Waals surface area contributed by atoms with Crippen LogP contribution < -0.4 is 37.3 Å². The number of piperazine rings is 1. The lowest BCUT2D eigenvalue weighted by Gasteiger charge is -2.51. The summed E-state index contributed by atoms with van der Waals surface area (Å²) in [5.74, 6) is -2.68. The number of urea groups is 1. The number of aromatic nitrogens is 1. The number of hydrogen-bond acceptors (Lipinski definition) is 9. The average molecular weight is 869 g/mol. The topological polar surface area (TPSA) is 217 Å². The van der Waals surface area contributed by atoms with Crippen LogP contribution in [0, 0.1) is 16.6 Å². The molecule has 7 N–H and O–H groups in total. The minimum Gasteiger partial charge on any atom is -0.477 e. The second kappa shape index (κ2) is 19.6. The highest BCUT2D eigenvalue weighted by Crippen LogP contribution is 2.54. The van der Waals surface area contributed by atoms with Crippen molar-refractivity contribution >= 4 is 52.2 Å². The van der Waals surface area contributed by atoms with Crippen LogP contribution in [0.2, 0.25) is 0 Å². The highest BCUT2D eigenvalue weighted by molar-refractivity contribution is 6.06. The van der Waals surface area contributed by atoms with Crippen LogP contribution in [0.3, 0.4) is 0 Å². The molecular formula is C46H57FN8O8. The smallest absolute Gasteiger partial charge is 0.410 e. The summed E-state index contributed by atoms with van der Waals surface area (Å²) >= 11 is 0. The summed E-state index contributed by atoms with van der Waals surface area (Å²) in [6.07, 6.45) is 2.59. The normalized spacial score (nSPS) is 16.3. The molecule has 1 saturated heterocycles. The third-order valence-electron chi connectivity index (χ3n) is 11.9. The molecular weight excluding hydrogens is 812 g/mol. The molecule has 3 aromatic carbocycles. The molecule has 2 atom stereocenters. The van der Waals surface area contributed by atoms with Crippen LogP contribution in [0.5, 0.6) is 0 Å². The highest BCUT2D eigenvalue weighted by atomic mass is 19.1. The van der Waals surface area contributed by atoms with E-state index < -0.39 is 46.4 Å². The number of pyridine rings is 1. The predicted molar refractivity (Wildman–Crippen MR) is 237 cm³/mol. The number of nitrogens with two attached hydrogens (primary N) is 1. The Morgan fingerprint density at radius 1 is 0.937 bits per heavy atom. The zero-order valence-corrected chi connectivity index (χ0v) is 36.2. The van der Waals surface area contributed by atoms with Gasteiger partial charge in [0, 0.05) is 69.1 Å². The van der Waals surface area contributed by atoms with E-state index in [1.807, 2.05) is 75.4 Å². The minimum absolute atomic E-state index is 0.0122. The fourth-order valence-corrected chi connectivity index (χ4v) is 8.66. The first kappa shape index (κ1) is 45.9. The Kier molecular flexibility index (Phi) is 14.3. The van der Waals surface area contributed by atoms with Gasteiger partial charge in [0.2, 0.25) is 17.2 Å². The van der Waals surface area contributed by atoms with Crippen molar-refractivity contribution in [3.8, 4) is 0 Å². The SMILES string of the molecule is CCn1cc(C(=O)O)c(=O)c2cc(F)c(N3CCN(C(=O)OCc4ccc(NC[C@@H](CCCNC(N)=O)NC(=O)C5(C(=O)N[C@H](C)c6ccccc6)CC(C)(C)C5)cc4)CC3)cc21. The van der Waals surface area contributed by atoms with Gasteiger partial charge in [-0.25, -0.2) is 18.8 Å². The van der Waals surface area contributed by atoms with Crippen LogP contribution >= 0.6 is 0 Å². The Bertz CT molecular complexity index is 2370. The molecule has 1 saturated carbocycles. The largest absolute Gasteiger partial charge is 0.477 e. The van der Waals surface area contributed by atoms with Gasteiger partial charge in [0.25, 0.3) is 0 Å². The number of carbonyl (C=O) groups is 5. The molecule has 1 aromatic heterocycles. The molecule has 17 heteroatoms. The number of carboxylic acid groups (broad SMARTS) is 1. The number of nitrogens with one attached hydrogen (secondary N) is 4. The third-order valence-corrected chi connectivity index (χ3v) is 11.9. The van der Waals surface area contributed by atoms with Gasteiger partial charge in [0.05, 0.1) is 17.2 Å². The third kappa shape index (κ3) is 10.9. The number of hydrogen-bond donors (Lipinski definition) is 6. The van der Waals surface area contributed by atoms with Crippen LogP contribution in [0.4, 0.5) is 25.4 Å². The van der Waals surface area contributed by atoms with E-state index in [0.717, 1.165) is 22.9 Å². The van der Waals surface area contributed by atoms with Crippen molar-refractivity contribution in [2.45, 2.75) is 78.6 Å². The predicted octanol–water partition coefficient (Wildman–Crippen LogP) is 5.35. The van der Waals surface area contributed by atoms with E-state index in [0.29, 0.717) is 63.9 Å². The zero-order valence-electron chi connectivity index (χ0n) is 36.2. The standard InChI is InChI=1S/C46H57FN8O8/c1-5-53-25-35(40(57)58)39(56)34-22-36(47)38(23-37(34)53)54-18-20-55(21-19-54)44(62)63-26-30-13-15-32(16-14-30)50-24-33(12-9-17-49-43(48)61)52-42(60)46(27-45(3,4)28-46)41(59)51-29(2)31-10-7-6-8-11-31/h6-8,10-11,13-16,22-23,25,29,33,50H,5,9,12,17-21,24,26-28H2,1-4H3,(H,51,59)(H,52,60)(H,57,58)(H3,48,49,61)/t29-,33-/m1/s1. The Morgan fingerprint density at radius 3 is 2.22 bits per heavy atom. The first-order valence-electron chi connectivity index (χ1n) is 21.3. The fraction of sp³-hybridized carbons (Fsp3) is 0.435. The van der Waals surface area contributed by atoms with Gasteiger partial charge in [-0.3, -0.25) is 14.4 Å². The van der Waals surface area contributed by atoms with Crippen molar-refractivity contribution in [2.24, 2.45) is 16.6 Å². The fourth-order valence-electron chi connectivity index (χ4n) is 8.66. The Labute approximate surface area is 365 Å². The molecule has 0 bridgehead atoms. The molecule has 336 valence electrons. The number of halogens is 1. The van der Waals surface area contributed by atoms with E-state index in [1.54, 1.807) is 27.4 Å². The van der Waals surface area contributed by atoms with Crippen molar-refractivity contribution in [2.75, 3.05) is 49.5 Å². The van der Waals surface area contributed by atoms with E-state index in [1.165, 1.54) is 6.20 Å². The first-order valence-corrected chi connectivity index (χ1v) is 21.3. The summed E-state index contributed by atoms with van der Waals surface area (Å²) in [5.41, 5.74) is 5.79. The number of primary amides is 1. The summed E-state index contributed by atoms with van der Waals surface area (Å²) in [5, 5.41) is 21.6. The molecule has 2 aliphatic rings. The van der Waals surface area contributed by atoms with Crippen molar-refractivity contribution in [1.29, 1.82) is 0 Å². The van der Waals surface area contributed by atoms with Crippen molar-refractivity contribution in [3.05, 3.63) is 106 Å². The number of anilines is 2. The molecule has 5 amide bonds.